The van der Waals surface area contributed by atoms with Crippen LogP contribution in [0.15, 0.2) is 168 Å². The van der Waals surface area contributed by atoms with Gasteiger partial charge in [-0.3, -0.25) is 0 Å². The van der Waals surface area contributed by atoms with Crippen LogP contribution in [-0.4, -0.2) is 15.0 Å². The largest absolute Gasteiger partial charge is 0.435 e. The van der Waals surface area contributed by atoms with Crippen LogP contribution < -0.4 is 0 Å². The first kappa shape index (κ1) is 28.8. The van der Waals surface area contributed by atoms with Crippen LogP contribution in [0.5, 0.6) is 0 Å². The lowest BCUT2D eigenvalue weighted by Gasteiger charge is -2.12. The van der Waals surface area contributed by atoms with E-state index in [9.17, 15) is 0 Å². The second-order valence-electron chi connectivity index (χ2n) is 12.4. The molecule has 8 aromatic rings. The predicted octanol–water partition coefficient (Wildman–Crippen LogP) is 11.8. The van der Waals surface area contributed by atoms with E-state index in [1.807, 2.05) is 48.5 Å². The van der Waals surface area contributed by atoms with Crippen molar-refractivity contribution in [3.63, 3.8) is 0 Å². The molecule has 0 saturated heterocycles. The van der Waals surface area contributed by atoms with E-state index in [-0.39, 0.29) is 0 Å². The molecule has 4 heteroatoms. The Morgan fingerprint density at radius 1 is 0.469 bits per heavy atom. The maximum Gasteiger partial charge on any atom is 0.227 e. The molecule has 9 rings (SSSR count). The number of hydrogen-bond donors (Lipinski definition) is 0. The molecule has 0 amide bonds. The molecule has 1 aliphatic rings. The van der Waals surface area contributed by atoms with Gasteiger partial charge in [0.2, 0.25) is 5.89 Å². The monoisotopic (exact) mass is 629 g/mol. The summed E-state index contributed by atoms with van der Waals surface area (Å²) in [5, 5.41) is 2.25. The zero-order valence-corrected chi connectivity index (χ0v) is 26.8. The molecule has 0 bridgehead atoms. The van der Waals surface area contributed by atoms with Crippen molar-refractivity contribution in [2.45, 2.75) is 12.8 Å². The van der Waals surface area contributed by atoms with E-state index in [4.69, 9.17) is 19.4 Å². The summed E-state index contributed by atoms with van der Waals surface area (Å²) in [6.07, 6.45) is 8.74. The van der Waals surface area contributed by atoms with Crippen molar-refractivity contribution >= 4 is 27.4 Å². The van der Waals surface area contributed by atoms with Gasteiger partial charge in [0, 0.05) is 22.3 Å². The van der Waals surface area contributed by atoms with E-state index in [1.165, 1.54) is 11.1 Å². The number of nitrogens with zero attached hydrogens (tertiary/aromatic N) is 3. The quantitative estimate of drug-likeness (QED) is 0.184. The summed E-state index contributed by atoms with van der Waals surface area (Å²) in [5.74, 6) is 1.34. The van der Waals surface area contributed by atoms with Crippen molar-refractivity contribution in [3.8, 4) is 56.4 Å². The number of allylic oxidation sites excluding steroid dienone is 4. The molecular formula is C45H31N3O. The summed E-state index contributed by atoms with van der Waals surface area (Å²) < 4.78 is 6.33. The van der Waals surface area contributed by atoms with Crippen molar-refractivity contribution in [2.75, 3.05) is 0 Å². The van der Waals surface area contributed by atoms with Crippen LogP contribution in [-0.2, 0) is 0 Å². The van der Waals surface area contributed by atoms with Crippen molar-refractivity contribution in [1.29, 1.82) is 0 Å². The SMILES string of the molecule is C1=CC(c2cc(-c3ccc(-c4ccccc4)cc3)nc(-c3ccc4cc(-c5cccc6nc(-c7ccccc7)oc56)ccc4c3)n2)=CCC1. The van der Waals surface area contributed by atoms with Crippen molar-refractivity contribution in [3.05, 3.63) is 170 Å². The number of fused-ring (bicyclic) bond motifs is 2. The number of oxazole rings is 1. The minimum Gasteiger partial charge on any atom is -0.435 e. The summed E-state index contributed by atoms with van der Waals surface area (Å²) in [6, 6.07) is 50.4. The Morgan fingerprint density at radius 2 is 1.12 bits per heavy atom. The molecule has 2 aromatic heterocycles. The molecule has 0 atom stereocenters. The molecule has 1 aliphatic carbocycles. The normalized spacial score (nSPS) is 12.8. The van der Waals surface area contributed by atoms with Crippen LogP contribution in [0.4, 0.5) is 0 Å². The molecule has 2 heterocycles. The summed E-state index contributed by atoms with van der Waals surface area (Å²) in [7, 11) is 0. The number of rotatable bonds is 6. The maximum atomic E-state index is 6.33. The molecule has 232 valence electrons. The Balaban J connectivity index is 1.09. The minimum absolute atomic E-state index is 0.627. The summed E-state index contributed by atoms with van der Waals surface area (Å²) in [5.41, 5.74) is 12.1. The highest BCUT2D eigenvalue weighted by molar-refractivity contribution is 5.96. The van der Waals surface area contributed by atoms with E-state index >= 15 is 0 Å². The maximum absolute atomic E-state index is 6.33. The number of benzene rings is 6. The van der Waals surface area contributed by atoms with Gasteiger partial charge in [-0.15, -0.1) is 0 Å². The second-order valence-corrected chi connectivity index (χ2v) is 12.4. The average Bonchev–Trinajstić information content (AvgIpc) is 3.63. The smallest absolute Gasteiger partial charge is 0.227 e. The fourth-order valence-electron chi connectivity index (χ4n) is 6.57. The molecule has 6 aromatic carbocycles. The average molecular weight is 630 g/mol. The lowest BCUT2D eigenvalue weighted by molar-refractivity contribution is 0.621. The molecule has 0 unspecified atom stereocenters. The van der Waals surface area contributed by atoms with E-state index < -0.39 is 0 Å². The van der Waals surface area contributed by atoms with Gasteiger partial charge in [0.25, 0.3) is 0 Å². The Bertz CT molecular complexity index is 2530. The number of hydrogen-bond acceptors (Lipinski definition) is 4. The van der Waals surface area contributed by atoms with Gasteiger partial charge in [0.1, 0.15) is 5.52 Å². The van der Waals surface area contributed by atoms with E-state index in [0.29, 0.717) is 11.7 Å². The molecule has 0 N–H and O–H groups in total. The first-order valence-electron chi connectivity index (χ1n) is 16.7. The van der Waals surface area contributed by atoms with Crippen LogP contribution in [0.3, 0.4) is 0 Å². The summed E-state index contributed by atoms with van der Waals surface area (Å²) in [6.45, 7) is 0. The molecule has 0 aliphatic heterocycles. The third kappa shape index (κ3) is 5.64. The molecule has 4 nitrogen and oxygen atoms in total. The van der Waals surface area contributed by atoms with Crippen LogP contribution in [0.1, 0.15) is 18.5 Å². The molecular weight excluding hydrogens is 599 g/mol. The summed E-state index contributed by atoms with van der Waals surface area (Å²) >= 11 is 0. The topological polar surface area (TPSA) is 51.8 Å². The minimum atomic E-state index is 0.627. The third-order valence-electron chi connectivity index (χ3n) is 9.15. The van der Waals surface area contributed by atoms with Gasteiger partial charge in [-0.05, 0) is 82.3 Å². The fourth-order valence-corrected chi connectivity index (χ4v) is 6.57. The first-order valence-corrected chi connectivity index (χ1v) is 16.7. The Kier molecular flexibility index (Phi) is 7.25. The van der Waals surface area contributed by atoms with Gasteiger partial charge < -0.3 is 4.42 Å². The highest BCUT2D eigenvalue weighted by Crippen LogP contribution is 2.35. The van der Waals surface area contributed by atoms with Crippen LogP contribution in [0.25, 0.3) is 83.8 Å². The number of para-hydroxylation sites is 1. The van der Waals surface area contributed by atoms with Gasteiger partial charge in [-0.25, -0.2) is 15.0 Å². The molecule has 49 heavy (non-hydrogen) atoms. The molecule has 0 fully saturated rings. The van der Waals surface area contributed by atoms with Crippen molar-refractivity contribution in [2.24, 2.45) is 0 Å². The molecule has 0 saturated carbocycles. The highest BCUT2D eigenvalue weighted by Gasteiger charge is 2.15. The zero-order valence-electron chi connectivity index (χ0n) is 26.8. The van der Waals surface area contributed by atoms with Gasteiger partial charge in [-0.2, -0.15) is 0 Å². The lowest BCUT2D eigenvalue weighted by atomic mass is 9.98. The van der Waals surface area contributed by atoms with Gasteiger partial charge in [0.15, 0.2) is 11.4 Å². The Morgan fingerprint density at radius 3 is 1.88 bits per heavy atom. The summed E-state index contributed by atoms with van der Waals surface area (Å²) in [4.78, 5) is 15.0. The first-order chi connectivity index (χ1) is 24.2. The lowest BCUT2D eigenvalue weighted by Crippen LogP contribution is -1.99. The van der Waals surface area contributed by atoms with E-state index in [0.717, 1.165) is 79.5 Å². The zero-order chi connectivity index (χ0) is 32.6. The predicted molar refractivity (Wildman–Crippen MR) is 201 cm³/mol. The van der Waals surface area contributed by atoms with Gasteiger partial charge in [0.05, 0.1) is 11.4 Å². The van der Waals surface area contributed by atoms with Crippen molar-refractivity contribution in [1.82, 2.24) is 15.0 Å². The van der Waals surface area contributed by atoms with Gasteiger partial charge >= 0.3 is 0 Å². The van der Waals surface area contributed by atoms with E-state index in [1.54, 1.807) is 0 Å². The van der Waals surface area contributed by atoms with Crippen LogP contribution in [0.2, 0.25) is 0 Å². The third-order valence-corrected chi connectivity index (χ3v) is 9.15. The van der Waals surface area contributed by atoms with Crippen LogP contribution >= 0.6 is 0 Å². The second kappa shape index (κ2) is 12.3. The van der Waals surface area contributed by atoms with Crippen LogP contribution in [0, 0.1) is 0 Å². The van der Waals surface area contributed by atoms with E-state index in [2.05, 4.69) is 115 Å². The fraction of sp³-hybridized carbons (Fsp3) is 0.0444. The van der Waals surface area contributed by atoms with Crippen molar-refractivity contribution < 1.29 is 4.42 Å². The van der Waals surface area contributed by atoms with Gasteiger partial charge in [-0.1, -0.05) is 127 Å². The highest BCUT2D eigenvalue weighted by atomic mass is 16.3. The molecule has 0 radical (unpaired) electrons. The number of aromatic nitrogens is 3. The Labute approximate surface area is 284 Å². The molecule has 0 spiro atoms. The Hall–Kier alpha value is -6.39. The standard InChI is InChI=1S/C45H31N3O/c1-4-11-30(12-5-1)31-19-21-33(22-20-31)42-29-41(32-13-6-2-7-14-32)46-44(47-42)38-26-24-35-27-37(25-23-36(35)28-38)39-17-10-18-40-43(39)49-45(48-40)34-15-8-3-9-16-34/h1,3-6,8-29H,2,7H2.